The van der Waals surface area contributed by atoms with Crippen LogP contribution in [-0.4, -0.2) is 32.9 Å². The topological polar surface area (TPSA) is 51.3 Å². The van der Waals surface area contributed by atoms with E-state index < -0.39 is 0 Å². The molecule has 3 heterocycles. The number of para-hydroxylation sites is 1. The Balaban J connectivity index is 1.40. The predicted molar refractivity (Wildman–Crippen MR) is 90.3 cm³/mol. The van der Waals surface area contributed by atoms with Gasteiger partial charge in [-0.15, -0.1) is 0 Å². The minimum absolute atomic E-state index is 0.313. The Kier molecular flexibility index (Phi) is 3.01. The Hall–Kier alpha value is -2.56. The van der Waals surface area contributed by atoms with Crippen LogP contribution in [-0.2, 0) is 11.3 Å². The van der Waals surface area contributed by atoms with Gasteiger partial charge in [0.15, 0.2) is 11.6 Å². The Labute approximate surface area is 139 Å². The fourth-order valence-electron chi connectivity index (χ4n) is 3.72. The first-order valence-electron chi connectivity index (χ1n) is 8.57. The molecule has 3 aromatic rings. The van der Waals surface area contributed by atoms with E-state index in [1.165, 1.54) is 12.8 Å². The molecule has 0 bridgehead atoms. The smallest absolute Gasteiger partial charge is 0.223 e. The lowest BCUT2D eigenvalue weighted by atomic mass is 10.1. The second-order valence-electron chi connectivity index (χ2n) is 6.90. The average Bonchev–Trinajstić information content (AvgIpc) is 3.01. The molecule has 1 aliphatic carbocycles. The summed E-state index contributed by atoms with van der Waals surface area (Å²) in [7, 11) is 0. The number of carbonyl (C=O) groups is 1. The van der Waals surface area contributed by atoms with Crippen LogP contribution in [0.25, 0.3) is 22.6 Å². The molecule has 24 heavy (non-hydrogen) atoms. The summed E-state index contributed by atoms with van der Waals surface area (Å²) in [5.41, 5.74) is 0.873. The monoisotopic (exact) mass is 321 g/mol. The van der Waals surface area contributed by atoms with E-state index in [2.05, 4.69) is 14.5 Å². The molecule has 2 aromatic heterocycles. The van der Waals surface area contributed by atoms with E-state index in [-0.39, 0.29) is 0 Å². The van der Waals surface area contributed by atoms with Crippen molar-refractivity contribution >= 4 is 16.9 Å². The summed E-state index contributed by atoms with van der Waals surface area (Å²) in [6.45, 7) is 1.68. The first-order valence-corrected chi connectivity index (χ1v) is 8.57. The standard InChI is InChI=1S/C19H19N3O2/c23-18-9-13(12-22(18)15-5-6-15)11-21-8-7-20-19(21)17-10-14-3-1-2-4-16(14)24-17/h1-4,7-8,10,13,15H,5-6,9,11-12H2. The molecule has 5 nitrogen and oxygen atoms in total. The van der Waals surface area contributed by atoms with Crippen LogP contribution < -0.4 is 0 Å². The number of likely N-dealkylation sites (tertiary alicyclic amines) is 1. The maximum absolute atomic E-state index is 12.1. The van der Waals surface area contributed by atoms with Crippen molar-refractivity contribution in [2.75, 3.05) is 6.54 Å². The molecule has 0 N–H and O–H groups in total. The van der Waals surface area contributed by atoms with Crippen molar-refractivity contribution in [1.29, 1.82) is 0 Å². The number of hydrogen-bond donors (Lipinski definition) is 0. The van der Waals surface area contributed by atoms with Crippen molar-refractivity contribution in [2.45, 2.75) is 31.8 Å². The van der Waals surface area contributed by atoms with E-state index in [4.69, 9.17) is 4.42 Å². The maximum atomic E-state index is 12.1. The van der Waals surface area contributed by atoms with E-state index in [0.29, 0.717) is 24.3 Å². The summed E-state index contributed by atoms with van der Waals surface area (Å²) in [4.78, 5) is 18.7. The Morgan fingerprint density at radius 2 is 2.12 bits per heavy atom. The van der Waals surface area contributed by atoms with Gasteiger partial charge in [-0.05, 0) is 25.0 Å². The van der Waals surface area contributed by atoms with Crippen molar-refractivity contribution in [3.05, 3.63) is 42.7 Å². The molecule has 5 rings (SSSR count). The van der Waals surface area contributed by atoms with Gasteiger partial charge in [0.2, 0.25) is 5.91 Å². The van der Waals surface area contributed by atoms with Crippen LogP contribution >= 0.6 is 0 Å². The van der Waals surface area contributed by atoms with Crippen LogP contribution in [0.2, 0.25) is 0 Å². The van der Waals surface area contributed by atoms with Gasteiger partial charge in [0.05, 0.1) is 0 Å². The highest BCUT2D eigenvalue weighted by Gasteiger charge is 2.39. The molecule has 1 saturated carbocycles. The molecule has 1 atom stereocenters. The third kappa shape index (κ3) is 2.31. The quantitative estimate of drug-likeness (QED) is 0.741. The molecule has 122 valence electrons. The lowest BCUT2D eigenvalue weighted by Gasteiger charge is -2.16. The molecule has 2 aliphatic rings. The summed E-state index contributed by atoms with van der Waals surface area (Å²) in [6, 6.07) is 10.5. The van der Waals surface area contributed by atoms with Gasteiger partial charge >= 0.3 is 0 Å². The normalized spacial score (nSPS) is 21.1. The van der Waals surface area contributed by atoms with Crippen LogP contribution in [0.5, 0.6) is 0 Å². The highest BCUT2D eigenvalue weighted by molar-refractivity contribution is 5.81. The molecule has 1 aromatic carbocycles. The van der Waals surface area contributed by atoms with Gasteiger partial charge in [0.1, 0.15) is 5.58 Å². The molecule has 1 saturated heterocycles. The van der Waals surface area contributed by atoms with Crippen molar-refractivity contribution < 1.29 is 9.21 Å². The first-order chi connectivity index (χ1) is 11.8. The van der Waals surface area contributed by atoms with Crippen molar-refractivity contribution in [2.24, 2.45) is 5.92 Å². The number of rotatable bonds is 4. The Morgan fingerprint density at radius 1 is 1.25 bits per heavy atom. The third-order valence-electron chi connectivity index (χ3n) is 5.04. The van der Waals surface area contributed by atoms with E-state index in [1.54, 1.807) is 6.20 Å². The molecule has 1 aliphatic heterocycles. The number of carbonyl (C=O) groups excluding carboxylic acids is 1. The molecular formula is C19H19N3O2. The van der Waals surface area contributed by atoms with Gasteiger partial charge in [-0.25, -0.2) is 4.98 Å². The maximum Gasteiger partial charge on any atom is 0.223 e. The first kappa shape index (κ1) is 13.8. The minimum atomic E-state index is 0.313. The number of furan rings is 1. The van der Waals surface area contributed by atoms with Crippen LogP contribution in [0.1, 0.15) is 19.3 Å². The van der Waals surface area contributed by atoms with Crippen molar-refractivity contribution in [3.8, 4) is 11.6 Å². The second kappa shape index (κ2) is 5.23. The van der Waals surface area contributed by atoms with E-state index >= 15 is 0 Å². The molecule has 5 heteroatoms. The highest BCUT2D eigenvalue weighted by Crippen LogP contribution is 2.34. The van der Waals surface area contributed by atoms with Crippen molar-refractivity contribution in [3.63, 3.8) is 0 Å². The summed E-state index contributed by atoms with van der Waals surface area (Å²) in [5.74, 6) is 2.29. The molecule has 0 radical (unpaired) electrons. The average molecular weight is 321 g/mol. The predicted octanol–water partition coefficient (Wildman–Crippen LogP) is 3.31. The molecule has 2 fully saturated rings. The minimum Gasteiger partial charge on any atom is -0.453 e. The lowest BCUT2D eigenvalue weighted by Crippen LogP contribution is -2.27. The Morgan fingerprint density at radius 3 is 2.96 bits per heavy atom. The van der Waals surface area contributed by atoms with Crippen molar-refractivity contribution in [1.82, 2.24) is 14.5 Å². The SMILES string of the molecule is O=C1CC(Cn2ccnc2-c2cc3ccccc3o2)CN1C1CC1. The third-order valence-corrected chi connectivity index (χ3v) is 5.04. The van der Waals surface area contributed by atoms with E-state index in [0.717, 1.165) is 35.6 Å². The number of hydrogen-bond acceptors (Lipinski definition) is 3. The molecular weight excluding hydrogens is 302 g/mol. The van der Waals surface area contributed by atoms with Gasteiger partial charge < -0.3 is 13.9 Å². The largest absolute Gasteiger partial charge is 0.453 e. The number of aromatic nitrogens is 2. The summed E-state index contributed by atoms with van der Waals surface area (Å²) in [5, 5.41) is 1.08. The van der Waals surface area contributed by atoms with Gasteiger partial charge in [0, 0.05) is 49.2 Å². The molecule has 1 unspecified atom stereocenters. The number of fused-ring (bicyclic) bond motifs is 1. The van der Waals surface area contributed by atoms with Crippen LogP contribution in [0.15, 0.2) is 47.1 Å². The van der Waals surface area contributed by atoms with Crippen LogP contribution in [0.4, 0.5) is 0 Å². The number of nitrogens with zero attached hydrogens (tertiary/aromatic N) is 3. The zero-order chi connectivity index (χ0) is 16.1. The van der Waals surface area contributed by atoms with Gasteiger partial charge in [0.25, 0.3) is 0 Å². The lowest BCUT2D eigenvalue weighted by molar-refractivity contribution is -0.128. The number of imidazole rings is 1. The van der Waals surface area contributed by atoms with Gasteiger partial charge in [-0.1, -0.05) is 18.2 Å². The molecule has 1 amide bonds. The number of amides is 1. The summed E-state index contributed by atoms with van der Waals surface area (Å²) < 4.78 is 8.06. The zero-order valence-corrected chi connectivity index (χ0v) is 13.4. The highest BCUT2D eigenvalue weighted by atomic mass is 16.3. The van der Waals surface area contributed by atoms with E-state index in [1.807, 2.05) is 36.5 Å². The Bertz CT molecular complexity index is 873. The molecule has 0 spiro atoms. The summed E-state index contributed by atoms with van der Waals surface area (Å²) in [6.07, 6.45) is 6.78. The number of benzene rings is 1. The summed E-state index contributed by atoms with van der Waals surface area (Å²) >= 11 is 0. The fraction of sp³-hybridized carbons (Fsp3) is 0.368. The van der Waals surface area contributed by atoms with Crippen LogP contribution in [0.3, 0.4) is 0 Å². The van der Waals surface area contributed by atoms with E-state index in [9.17, 15) is 4.79 Å². The fourth-order valence-corrected chi connectivity index (χ4v) is 3.72. The van der Waals surface area contributed by atoms with Gasteiger partial charge in [-0.2, -0.15) is 0 Å². The second-order valence-corrected chi connectivity index (χ2v) is 6.90. The van der Waals surface area contributed by atoms with Gasteiger partial charge in [-0.3, -0.25) is 4.79 Å². The zero-order valence-electron chi connectivity index (χ0n) is 13.4. The van der Waals surface area contributed by atoms with Crippen LogP contribution in [0, 0.1) is 5.92 Å².